The Balaban J connectivity index is 1.87. The standard InChI is InChI=1S/C15H17N3S/c1-11-5-3-4-6-13(11)14(16-2)9-12-10-18-7-8-19-15(18)17-12/h3-8,10,14,16H,9H2,1-2H3. The second kappa shape index (κ2) is 5.15. The largest absolute Gasteiger partial charge is 0.313 e. The molecule has 1 aromatic carbocycles. The van der Waals surface area contributed by atoms with Crippen LogP contribution in [-0.4, -0.2) is 16.4 Å². The third-order valence-corrected chi connectivity index (χ3v) is 4.24. The Hall–Kier alpha value is -1.65. The number of rotatable bonds is 4. The van der Waals surface area contributed by atoms with Crippen molar-refractivity contribution in [3.63, 3.8) is 0 Å². The summed E-state index contributed by atoms with van der Waals surface area (Å²) >= 11 is 1.67. The maximum absolute atomic E-state index is 4.66. The zero-order valence-corrected chi connectivity index (χ0v) is 11.9. The molecule has 2 aromatic heterocycles. The van der Waals surface area contributed by atoms with E-state index in [4.69, 9.17) is 0 Å². The molecule has 0 saturated heterocycles. The molecule has 0 amide bonds. The minimum Gasteiger partial charge on any atom is -0.313 e. The lowest BCUT2D eigenvalue weighted by atomic mass is 9.98. The molecule has 0 aliphatic rings. The van der Waals surface area contributed by atoms with E-state index in [-0.39, 0.29) is 0 Å². The Kier molecular flexibility index (Phi) is 3.36. The average Bonchev–Trinajstić information content (AvgIpc) is 2.97. The van der Waals surface area contributed by atoms with Gasteiger partial charge >= 0.3 is 0 Å². The Morgan fingerprint density at radius 3 is 2.95 bits per heavy atom. The number of aromatic nitrogens is 2. The first-order chi connectivity index (χ1) is 9.28. The SMILES string of the molecule is CNC(Cc1cn2ccsc2n1)c1ccccc1C. The number of hydrogen-bond acceptors (Lipinski definition) is 3. The molecule has 0 aliphatic carbocycles. The molecule has 3 aromatic rings. The molecule has 2 heterocycles. The lowest BCUT2D eigenvalue weighted by molar-refractivity contribution is 0.583. The fraction of sp³-hybridized carbons (Fsp3) is 0.267. The number of nitrogens with zero attached hydrogens (tertiary/aromatic N) is 2. The number of thiazole rings is 1. The molecule has 4 heteroatoms. The second-order valence-corrected chi connectivity index (χ2v) is 5.60. The van der Waals surface area contributed by atoms with Gasteiger partial charge in [0.2, 0.25) is 0 Å². The van der Waals surface area contributed by atoms with Gasteiger partial charge < -0.3 is 5.32 Å². The van der Waals surface area contributed by atoms with Gasteiger partial charge in [0.25, 0.3) is 0 Å². The normalized spacial score (nSPS) is 12.9. The van der Waals surface area contributed by atoms with Crippen molar-refractivity contribution >= 4 is 16.3 Å². The van der Waals surface area contributed by atoms with E-state index in [1.54, 1.807) is 11.3 Å². The molecule has 0 aliphatic heterocycles. The molecule has 1 unspecified atom stereocenters. The Morgan fingerprint density at radius 1 is 1.37 bits per heavy atom. The van der Waals surface area contributed by atoms with Crippen LogP contribution in [0.25, 0.3) is 4.96 Å². The van der Waals surface area contributed by atoms with E-state index in [1.165, 1.54) is 11.1 Å². The highest BCUT2D eigenvalue weighted by Gasteiger charge is 2.14. The Labute approximate surface area is 116 Å². The van der Waals surface area contributed by atoms with Gasteiger partial charge in [0, 0.05) is 30.2 Å². The predicted molar refractivity (Wildman–Crippen MR) is 79.8 cm³/mol. The number of benzene rings is 1. The van der Waals surface area contributed by atoms with Crippen molar-refractivity contribution in [1.82, 2.24) is 14.7 Å². The highest BCUT2D eigenvalue weighted by atomic mass is 32.1. The van der Waals surface area contributed by atoms with Crippen LogP contribution >= 0.6 is 11.3 Å². The third kappa shape index (κ3) is 2.41. The summed E-state index contributed by atoms with van der Waals surface area (Å²) in [6.07, 6.45) is 5.09. The summed E-state index contributed by atoms with van der Waals surface area (Å²) in [4.78, 5) is 5.72. The minimum atomic E-state index is 0.311. The van der Waals surface area contributed by atoms with Crippen LogP contribution in [0.4, 0.5) is 0 Å². The molecule has 0 fully saturated rings. The second-order valence-electron chi connectivity index (χ2n) is 4.73. The molecule has 0 bridgehead atoms. The van der Waals surface area contributed by atoms with Crippen molar-refractivity contribution in [3.05, 3.63) is 58.9 Å². The smallest absolute Gasteiger partial charge is 0.193 e. The molecule has 0 radical (unpaired) electrons. The Bertz CT molecular complexity index is 655. The van der Waals surface area contributed by atoms with E-state index in [0.717, 1.165) is 17.1 Å². The van der Waals surface area contributed by atoms with Crippen LogP contribution < -0.4 is 5.32 Å². The van der Waals surface area contributed by atoms with Crippen molar-refractivity contribution < 1.29 is 0 Å². The number of imidazole rings is 1. The molecule has 1 atom stereocenters. The van der Waals surface area contributed by atoms with Gasteiger partial charge in [0.05, 0.1) is 5.69 Å². The fourth-order valence-electron chi connectivity index (χ4n) is 2.43. The predicted octanol–water partition coefficient (Wildman–Crippen LogP) is 3.21. The minimum absolute atomic E-state index is 0.311. The number of hydrogen-bond donors (Lipinski definition) is 1. The van der Waals surface area contributed by atoms with Crippen LogP contribution in [0.3, 0.4) is 0 Å². The summed E-state index contributed by atoms with van der Waals surface area (Å²) in [5.74, 6) is 0. The highest BCUT2D eigenvalue weighted by Crippen LogP contribution is 2.22. The van der Waals surface area contributed by atoms with Crippen molar-refractivity contribution in [2.24, 2.45) is 0 Å². The van der Waals surface area contributed by atoms with E-state index in [2.05, 4.69) is 63.7 Å². The molecular weight excluding hydrogens is 254 g/mol. The van der Waals surface area contributed by atoms with Gasteiger partial charge in [0.1, 0.15) is 0 Å². The van der Waals surface area contributed by atoms with E-state index in [9.17, 15) is 0 Å². The van der Waals surface area contributed by atoms with Crippen LogP contribution in [-0.2, 0) is 6.42 Å². The van der Waals surface area contributed by atoms with Gasteiger partial charge in [-0.25, -0.2) is 4.98 Å². The van der Waals surface area contributed by atoms with Crippen LogP contribution in [0.2, 0.25) is 0 Å². The van der Waals surface area contributed by atoms with Gasteiger partial charge in [-0.1, -0.05) is 24.3 Å². The number of aryl methyl sites for hydroxylation is 1. The molecule has 1 N–H and O–H groups in total. The van der Waals surface area contributed by atoms with Gasteiger partial charge in [-0.15, -0.1) is 11.3 Å². The van der Waals surface area contributed by atoms with Crippen LogP contribution in [0.15, 0.2) is 42.0 Å². The van der Waals surface area contributed by atoms with Crippen molar-refractivity contribution in [2.45, 2.75) is 19.4 Å². The van der Waals surface area contributed by atoms with E-state index < -0.39 is 0 Å². The molecule has 0 saturated carbocycles. The molecule has 19 heavy (non-hydrogen) atoms. The molecule has 0 spiro atoms. The molecular formula is C15H17N3S. The van der Waals surface area contributed by atoms with Gasteiger partial charge in [-0.05, 0) is 25.1 Å². The number of likely N-dealkylation sites (N-methyl/N-ethyl adjacent to an activating group) is 1. The van der Waals surface area contributed by atoms with E-state index >= 15 is 0 Å². The molecule has 3 nitrogen and oxygen atoms in total. The Morgan fingerprint density at radius 2 is 2.21 bits per heavy atom. The van der Waals surface area contributed by atoms with Crippen LogP contribution in [0.1, 0.15) is 22.9 Å². The van der Waals surface area contributed by atoms with Crippen molar-refractivity contribution in [1.29, 1.82) is 0 Å². The first kappa shape index (κ1) is 12.4. The van der Waals surface area contributed by atoms with Crippen LogP contribution in [0.5, 0.6) is 0 Å². The quantitative estimate of drug-likeness (QED) is 0.789. The summed E-state index contributed by atoms with van der Waals surface area (Å²) in [5, 5.41) is 5.46. The zero-order valence-electron chi connectivity index (χ0n) is 11.1. The maximum atomic E-state index is 4.66. The van der Waals surface area contributed by atoms with E-state index in [0.29, 0.717) is 6.04 Å². The van der Waals surface area contributed by atoms with Gasteiger partial charge in [-0.3, -0.25) is 4.40 Å². The molecule has 3 rings (SSSR count). The van der Waals surface area contributed by atoms with Crippen molar-refractivity contribution in [2.75, 3.05) is 7.05 Å². The average molecular weight is 271 g/mol. The summed E-state index contributed by atoms with van der Waals surface area (Å²) in [6, 6.07) is 8.84. The maximum Gasteiger partial charge on any atom is 0.193 e. The summed E-state index contributed by atoms with van der Waals surface area (Å²) in [6.45, 7) is 2.16. The third-order valence-electron chi connectivity index (χ3n) is 3.47. The molecule has 98 valence electrons. The lowest BCUT2D eigenvalue weighted by Gasteiger charge is -2.17. The first-order valence-corrected chi connectivity index (χ1v) is 7.30. The number of nitrogens with one attached hydrogen (secondary N) is 1. The van der Waals surface area contributed by atoms with Gasteiger partial charge in [-0.2, -0.15) is 0 Å². The number of fused-ring (bicyclic) bond motifs is 1. The van der Waals surface area contributed by atoms with E-state index in [1.807, 2.05) is 7.05 Å². The zero-order chi connectivity index (χ0) is 13.2. The topological polar surface area (TPSA) is 29.3 Å². The fourth-order valence-corrected chi connectivity index (χ4v) is 3.15. The van der Waals surface area contributed by atoms with Crippen LogP contribution in [0, 0.1) is 6.92 Å². The monoisotopic (exact) mass is 271 g/mol. The lowest BCUT2D eigenvalue weighted by Crippen LogP contribution is -2.19. The first-order valence-electron chi connectivity index (χ1n) is 6.42. The summed E-state index contributed by atoms with van der Waals surface area (Å²) < 4.78 is 2.09. The summed E-state index contributed by atoms with van der Waals surface area (Å²) in [5.41, 5.74) is 3.80. The van der Waals surface area contributed by atoms with Crippen molar-refractivity contribution in [3.8, 4) is 0 Å². The summed E-state index contributed by atoms with van der Waals surface area (Å²) in [7, 11) is 2.01. The highest BCUT2D eigenvalue weighted by molar-refractivity contribution is 7.15. The van der Waals surface area contributed by atoms with Gasteiger partial charge in [0.15, 0.2) is 4.96 Å².